The Kier molecular flexibility index (Phi) is 3.96. The van der Waals surface area contributed by atoms with Gasteiger partial charge in [-0.25, -0.2) is 23.1 Å². The number of nitrogens with one attached hydrogen (secondary N) is 1. The summed E-state index contributed by atoms with van der Waals surface area (Å²) in [6.45, 7) is 0. The van der Waals surface area contributed by atoms with Gasteiger partial charge >= 0.3 is 0 Å². The minimum atomic E-state index is -0.663. The molecular formula is C18H11F2N5O2. The summed E-state index contributed by atoms with van der Waals surface area (Å²) < 4.78 is 28.6. The Bertz CT molecular complexity index is 1210. The maximum atomic E-state index is 13.2. The molecule has 0 atom stereocenters. The highest BCUT2D eigenvalue weighted by Crippen LogP contribution is 2.14. The van der Waals surface area contributed by atoms with E-state index >= 15 is 0 Å². The van der Waals surface area contributed by atoms with Gasteiger partial charge in [0.05, 0.1) is 11.9 Å². The number of benzene rings is 2. The first-order valence-corrected chi connectivity index (χ1v) is 7.81. The molecule has 27 heavy (non-hydrogen) atoms. The van der Waals surface area contributed by atoms with E-state index < -0.39 is 23.1 Å². The summed E-state index contributed by atoms with van der Waals surface area (Å²) in [6, 6.07) is 10.6. The molecule has 0 saturated carbocycles. The number of rotatable bonds is 3. The SMILES string of the molecule is O=C(Nn1cnc2c(cnn2-c2ccc(F)cc2)c1=O)c1cccc(F)c1. The van der Waals surface area contributed by atoms with Crippen molar-refractivity contribution in [2.45, 2.75) is 0 Å². The topological polar surface area (TPSA) is 81.8 Å². The third-order valence-corrected chi connectivity index (χ3v) is 3.87. The first-order valence-electron chi connectivity index (χ1n) is 7.81. The smallest absolute Gasteiger partial charge is 0.267 e. The van der Waals surface area contributed by atoms with E-state index in [0.717, 1.165) is 17.1 Å². The third-order valence-electron chi connectivity index (χ3n) is 3.87. The highest BCUT2D eigenvalue weighted by molar-refractivity contribution is 6.00. The quantitative estimate of drug-likeness (QED) is 0.602. The number of hydrogen-bond acceptors (Lipinski definition) is 4. The van der Waals surface area contributed by atoms with Crippen molar-refractivity contribution in [3.8, 4) is 5.69 Å². The molecule has 0 saturated heterocycles. The van der Waals surface area contributed by atoms with Crippen LogP contribution in [0.1, 0.15) is 10.4 Å². The van der Waals surface area contributed by atoms with Gasteiger partial charge in [-0.1, -0.05) is 6.07 Å². The number of carbonyl (C=O) groups excluding carboxylic acids is 1. The average molecular weight is 367 g/mol. The van der Waals surface area contributed by atoms with E-state index in [1.54, 1.807) is 0 Å². The molecule has 1 amide bonds. The van der Waals surface area contributed by atoms with E-state index in [0.29, 0.717) is 5.69 Å². The number of halogens is 2. The maximum Gasteiger partial charge on any atom is 0.283 e. The summed E-state index contributed by atoms with van der Waals surface area (Å²) in [7, 11) is 0. The van der Waals surface area contributed by atoms with E-state index in [1.807, 2.05) is 0 Å². The number of amides is 1. The van der Waals surface area contributed by atoms with Gasteiger partial charge in [-0.15, -0.1) is 0 Å². The van der Waals surface area contributed by atoms with Crippen LogP contribution in [0.2, 0.25) is 0 Å². The zero-order chi connectivity index (χ0) is 19.0. The van der Waals surface area contributed by atoms with Gasteiger partial charge in [-0.2, -0.15) is 5.10 Å². The van der Waals surface area contributed by atoms with E-state index in [1.165, 1.54) is 53.3 Å². The minimum Gasteiger partial charge on any atom is -0.267 e. The Morgan fingerprint density at radius 2 is 1.81 bits per heavy atom. The van der Waals surface area contributed by atoms with Crippen LogP contribution in [0.5, 0.6) is 0 Å². The molecule has 7 nitrogen and oxygen atoms in total. The zero-order valence-electron chi connectivity index (χ0n) is 13.6. The summed E-state index contributed by atoms with van der Waals surface area (Å²) in [5, 5.41) is 4.26. The summed E-state index contributed by atoms with van der Waals surface area (Å²) in [5.74, 6) is -1.63. The molecule has 0 unspecified atom stereocenters. The lowest BCUT2D eigenvalue weighted by Gasteiger charge is -2.08. The molecule has 4 rings (SSSR count). The molecule has 4 aromatic rings. The van der Waals surface area contributed by atoms with E-state index in [9.17, 15) is 18.4 Å². The first kappa shape index (κ1) is 16.6. The van der Waals surface area contributed by atoms with Crippen LogP contribution in [0.3, 0.4) is 0 Å². The molecule has 2 aromatic heterocycles. The van der Waals surface area contributed by atoms with Crippen LogP contribution in [0.4, 0.5) is 8.78 Å². The largest absolute Gasteiger partial charge is 0.283 e. The molecule has 0 bridgehead atoms. The number of aromatic nitrogens is 4. The van der Waals surface area contributed by atoms with Gasteiger partial charge in [0.15, 0.2) is 5.65 Å². The average Bonchev–Trinajstić information content (AvgIpc) is 3.09. The lowest BCUT2D eigenvalue weighted by Crippen LogP contribution is -2.33. The number of nitrogens with zero attached hydrogens (tertiary/aromatic N) is 4. The number of hydrogen-bond donors (Lipinski definition) is 1. The van der Waals surface area contributed by atoms with E-state index in [2.05, 4.69) is 15.5 Å². The molecule has 2 heterocycles. The van der Waals surface area contributed by atoms with Gasteiger partial charge in [-0.3, -0.25) is 15.0 Å². The molecule has 0 aliphatic carbocycles. The molecular weight excluding hydrogens is 356 g/mol. The molecule has 0 aliphatic heterocycles. The molecule has 9 heteroatoms. The Hall–Kier alpha value is -3.88. The Morgan fingerprint density at radius 1 is 1.04 bits per heavy atom. The summed E-state index contributed by atoms with van der Waals surface area (Å²) in [4.78, 5) is 28.9. The van der Waals surface area contributed by atoms with Crippen molar-refractivity contribution in [2.24, 2.45) is 0 Å². The summed E-state index contributed by atoms with van der Waals surface area (Å²) >= 11 is 0. The predicted molar refractivity (Wildman–Crippen MR) is 93.2 cm³/mol. The van der Waals surface area contributed by atoms with Crippen LogP contribution >= 0.6 is 0 Å². The third kappa shape index (κ3) is 3.06. The van der Waals surface area contributed by atoms with Crippen LogP contribution in [0, 0.1) is 11.6 Å². The lowest BCUT2D eigenvalue weighted by atomic mass is 10.2. The van der Waals surface area contributed by atoms with Crippen LogP contribution in [0.25, 0.3) is 16.7 Å². The van der Waals surface area contributed by atoms with Gasteiger partial charge in [0.25, 0.3) is 11.5 Å². The van der Waals surface area contributed by atoms with Gasteiger partial charge < -0.3 is 0 Å². The van der Waals surface area contributed by atoms with Gasteiger partial charge in [0, 0.05) is 5.56 Å². The molecule has 1 N–H and O–H groups in total. The molecule has 134 valence electrons. The normalized spacial score (nSPS) is 10.9. The van der Waals surface area contributed by atoms with Crippen LogP contribution in [-0.4, -0.2) is 25.3 Å². The molecule has 0 radical (unpaired) electrons. The van der Waals surface area contributed by atoms with Crippen LogP contribution in [0.15, 0.2) is 65.8 Å². The van der Waals surface area contributed by atoms with Gasteiger partial charge in [0.1, 0.15) is 23.3 Å². The predicted octanol–water partition coefficient (Wildman–Crippen LogP) is 2.24. The van der Waals surface area contributed by atoms with E-state index in [-0.39, 0.29) is 16.6 Å². The van der Waals surface area contributed by atoms with Gasteiger partial charge in [0.2, 0.25) is 0 Å². The van der Waals surface area contributed by atoms with E-state index in [4.69, 9.17) is 0 Å². The Morgan fingerprint density at radius 3 is 2.56 bits per heavy atom. The molecule has 0 fully saturated rings. The highest BCUT2D eigenvalue weighted by Gasteiger charge is 2.14. The fraction of sp³-hybridized carbons (Fsp3) is 0. The Labute approximate surface area is 150 Å². The lowest BCUT2D eigenvalue weighted by molar-refractivity contribution is 0.101. The van der Waals surface area contributed by atoms with Crippen molar-refractivity contribution in [2.75, 3.05) is 5.43 Å². The second-order valence-electron chi connectivity index (χ2n) is 5.64. The van der Waals surface area contributed by atoms with Crippen molar-refractivity contribution < 1.29 is 13.6 Å². The van der Waals surface area contributed by atoms with Crippen LogP contribution in [-0.2, 0) is 0 Å². The van der Waals surface area contributed by atoms with Crippen molar-refractivity contribution in [3.63, 3.8) is 0 Å². The first-order chi connectivity index (χ1) is 13.0. The number of fused-ring (bicyclic) bond motifs is 1. The zero-order valence-corrected chi connectivity index (χ0v) is 13.6. The molecule has 0 spiro atoms. The summed E-state index contributed by atoms with van der Waals surface area (Å²) in [6.07, 6.45) is 2.43. The van der Waals surface area contributed by atoms with Gasteiger partial charge in [-0.05, 0) is 42.5 Å². The fourth-order valence-corrected chi connectivity index (χ4v) is 2.57. The standard InChI is InChI=1S/C18H11F2N5O2/c19-12-4-6-14(7-5-12)25-16-15(9-22-25)18(27)24(10-21-16)23-17(26)11-2-1-3-13(20)8-11/h1-10H,(H,23,26). The summed E-state index contributed by atoms with van der Waals surface area (Å²) in [5.41, 5.74) is 2.63. The van der Waals surface area contributed by atoms with Crippen molar-refractivity contribution >= 4 is 16.9 Å². The molecule has 0 aliphatic rings. The second kappa shape index (κ2) is 6.45. The minimum absolute atomic E-state index is 0.0593. The van der Waals surface area contributed by atoms with Crippen molar-refractivity contribution in [1.29, 1.82) is 0 Å². The van der Waals surface area contributed by atoms with Crippen LogP contribution < -0.4 is 11.0 Å². The van der Waals surface area contributed by atoms with Crippen molar-refractivity contribution in [3.05, 3.63) is 88.6 Å². The number of carbonyl (C=O) groups is 1. The highest BCUT2D eigenvalue weighted by atomic mass is 19.1. The second-order valence-corrected chi connectivity index (χ2v) is 5.64. The monoisotopic (exact) mass is 367 g/mol. The van der Waals surface area contributed by atoms with Crippen molar-refractivity contribution in [1.82, 2.24) is 19.4 Å². The molecule has 2 aromatic carbocycles. The fourth-order valence-electron chi connectivity index (χ4n) is 2.57. The maximum absolute atomic E-state index is 13.2. The Balaban J connectivity index is 1.70.